The Morgan fingerprint density at radius 1 is 1.65 bits per heavy atom. The second-order valence-electron chi connectivity index (χ2n) is 3.84. The summed E-state index contributed by atoms with van der Waals surface area (Å²) >= 11 is 5.09. The van der Waals surface area contributed by atoms with Gasteiger partial charge in [0.15, 0.2) is 0 Å². The number of carbonyl (C=O) groups excluding carboxylic acids is 1. The van der Waals surface area contributed by atoms with Gasteiger partial charge >= 0.3 is 0 Å². The van der Waals surface area contributed by atoms with Crippen molar-refractivity contribution in [2.75, 3.05) is 19.8 Å². The molecule has 17 heavy (non-hydrogen) atoms. The van der Waals surface area contributed by atoms with E-state index in [0.717, 1.165) is 13.0 Å². The van der Waals surface area contributed by atoms with E-state index in [9.17, 15) is 4.79 Å². The number of imidazole rings is 1. The van der Waals surface area contributed by atoms with Gasteiger partial charge in [-0.1, -0.05) is 12.2 Å². The maximum absolute atomic E-state index is 11.9. The maximum Gasteiger partial charge on any atom is 0.227 e. The Morgan fingerprint density at radius 3 is 3.24 bits per heavy atom. The molecule has 91 valence electrons. The van der Waals surface area contributed by atoms with Crippen LogP contribution in [0.1, 0.15) is 12.8 Å². The summed E-state index contributed by atoms with van der Waals surface area (Å²) in [4.78, 5) is 18.0. The highest BCUT2D eigenvalue weighted by Crippen LogP contribution is 2.06. The smallest absolute Gasteiger partial charge is 0.227 e. The van der Waals surface area contributed by atoms with Gasteiger partial charge in [-0.15, -0.1) is 0 Å². The average molecular weight is 252 g/mol. The van der Waals surface area contributed by atoms with Gasteiger partial charge in [-0.3, -0.25) is 4.79 Å². The second-order valence-corrected chi connectivity index (χ2v) is 4.31. The molecule has 0 saturated carbocycles. The monoisotopic (exact) mass is 252 g/mol. The Labute approximate surface area is 105 Å². The normalized spacial score (nSPS) is 16.2. The van der Waals surface area contributed by atoms with Crippen LogP contribution in [0.25, 0.3) is 0 Å². The van der Waals surface area contributed by atoms with Crippen LogP contribution in [-0.2, 0) is 16.1 Å². The number of thiocarbonyl (C=S) groups is 1. The fraction of sp³-hybridized carbons (Fsp3) is 0.545. The zero-order valence-corrected chi connectivity index (χ0v) is 10.3. The molecular formula is C11H14N3O2S. The van der Waals surface area contributed by atoms with E-state index >= 15 is 0 Å². The van der Waals surface area contributed by atoms with Gasteiger partial charge in [0.2, 0.25) is 5.91 Å². The van der Waals surface area contributed by atoms with Crippen molar-refractivity contribution < 1.29 is 9.53 Å². The van der Waals surface area contributed by atoms with Crippen LogP contribution >= 0.6 is 12.2 Å². The van der Waals surface area contributed by atoms with Crippen LogP contribution in [0, 0.1) is 6.20 Å². The Balaban J connectivity index is 1.75. The number of hydrogen-bond donors (Lipinski definition) is 0. The molecule has 2 heterocycles. The van der Waals surface area contributed by atoms with Crippen LogP contribution in [0.5, 0.6) is 0 Å². The summed E-state index contributed by atoms with van der Waals surface area (Å²) in [5.41, 5.74) is 0. The summed E-state index contributed by atoms with van der Waals surface area (Å²) in [5.74, 6) is 0.0856. The SMILES string of the molecule is O=C(CCCn1c[c]nc1)N1CCOCC1=S. The molecule has 0 spiro atoms. The predicted molar refractivity (Wildman–Crippen MR) is 65.4 cm³/mol. The highest BCUT2D eigenvalue weighted by Gasteiger charge is 2.21. The van der Waals surface area contributed by atoms with Gasteiger partial charge in [0.1, 0.15) is 11.2 Å². The van der Waals surface area contributed by atoms with E-state index in [-0.39, 0.29) is 5.91 Å². The molecule has 0 bridgehead atoms. The van der Waals surface area contributed by atoms with Gasteiger partial charge in [0, 0.05) is 25.7 Å². The van der Waals surface area contributed by atoms with Crippen molar-refractivity contribution in [1.82, 2.24) is 14.5 Å². The third-order valence-electron chi connectivity index (χ3n) is 2.60. The predicted octanol–water partition coefficient (Wildman–Crippen LogP) is 0.650. The second kappa shape index (κ2) is 5.88. The lowest BCUT2D eigenvalue weighted by molar-refractivity contribution is -0.129. The Hall–Kier alpha value is -1.27. The first-order valence-corrected chi connectivity index (χ1v) is 5.97. The molecule has 2 rings (SSSR count). The summed E-state index contributed by atoms with van der Waals surface area (Å²) in [6, 6.07) is 0. The Kier molecular flexibility index (Phi) is 4.22. The summed E-state index contributed by atoms with van der Waals surface area (Å²) in [5, 5.41) is 0. The third kappa shape index (κ3) is 3.34. The summed E-state index contributed by atoms with van der Waals surface area (Å²) in [7, 11) is 0. The number of amides is 1. The molecule has 1 saturated heterocycles. The molecule has 6 heteroatoms. The lowest BCUT2D eigenvalue weighted by Gasteiger charge is -2.27. The first-order chi connectivity index (χ1) is 8.27. The van der Waals surface area contributed by atoms with Crippen molar-refractivity contribution in [3.8, 4) is 0 Å². The summed E-state index contributed by atoms with van der Waals surface area (Å²) < 4.78 is 7.08. The van der Waals surface area contributed by atoms with Crippen molar-refractivity contribution >= 4 is 23.1 Å². The zero-order chi connectivity index (χ0) is 12.1. The van der Waals surface area contributed by atoms with Crippen molar-refractivity contribution in [1.29, 1.82) is 0 Å². The third-order valence-corrected chi connectivity index (χ3v) is 2.94. The zero-order valence-electron chi connectivity index (χ0n) is 9.46. The molecule has 0 aromatic carbocycles. The molecule has 1 amide bonds. The van der Waals surface area contributed by atoms with Crippen LogP contribution in [0.3, 0.4) is 0 Å². The fourth-order valence-corrected chi connectivity index (χ4v) is 1.98. The topological polar surface area (TPSA) is 47.4 Å². The number of morpholine rings is 1. The first-order valence-electron chi connectivity index (χ1n) is 5.56. The first kappa shape index (κ1) is 12.2. The van der Waals surface area contributed by atoms with E-state index in [2.05, 4.69) is 11.2 Å². The minimum Gasteiger partial charge on any atom is -0.372 e. The highest BCUT2D eigenvalue weighted by molar-refractivity contribution is 7.80. The van der Waals surface area contributed by atoms with Gasteiger partial charge in [-0.2, -0.15) is 0 Å². The van der Waals surface area contributed by atoms with Gasteiger partial charge in [0.25, 0.3) is 0 Å². The Bertz CT molecular complexity index is 391. The number of rotatable bonds is 4. The fourth-order valence-electron chi connectivity index (χ4n) is 1.70. The maximum atomic E-state index is 11.9. The van der Waals surface area contributed by atoms with Crippen molar-refractivity contribution in [2.45, 2.75) is 19.4 Å². The number of aryl methyl sites for hydroxylation is 1. The quantitative estimate of drug-likeness (QED) is 0.738. The molecule has 1 radical (unpaired) electrons. The number of hydrogen-bond acceptors (Lipinski definition) is 4. The van der Waals surface area contributed by atoms with Crippen molar-refractivity contribution in [2.24, 2.45) is 0 Å². The molecular weight excluding hydrogens is 238 g/mol. The number of nitrogens with zero attached hydrogens (tertiary/aromatic N) is 3. The highest BCUT2D eigenvalue weighted by atomic mass is 32.1. The summed E-state index contributed by atoms with van der Waals surface area (Å²) in [6.07, 6.45) is 7.46. The van der Waals surface area contributed by atoms with Crippen LogP contribution < -0.4 is 0 Å². The molecule has 0 unspecified atom stereocenters. The number of aromatic nitrogens is 2. The van der Waals surface area contributed by atoms with Gasteiger partial charge in [-0.25, -0.2) is 4.98 Å². The molecule has 0 atom stereocenters. The minimum absolute atomic E-state index is 0.0856. The van der Waals surface area contributed by atoms with Gasteiger partial charge in [0.05, 0.1) is 19.5 Å². The van der Waals surface area contributed by atoms with Gasteiger partial charge in [-0.05, 0) is 6.42 Å². The molecule has 1 aromatic rings. The minimum atomic E-state index is 0.0856. The largest absolute Gasteiger partial charge is 0.372 e. The van der Waals surface area contributed by atoms with E-state index in [0.29, 0.717) is 31.2 Å². The molecule has 1 aliphatic rings. The van der Waals surface area contributed by atoms with E-state index in [1.807, 2.05) is 4.57 Å². The molecule has 5 nitrogen and oxygen atoms in total. The Morgan fingerprint density at radius 2 is 2.53 bits per heavy atom. The van der Waals surface area contributed by atoms with E-state index < -0.39 is 0 Å². The van der Waals surface area contributed by atoms with E-state index in [1.165, 1.54) is 0 Å². The average Bonchev–Trinajstić information content (AvgIpc) is 2.82. The van der Waals surface area contributed by atoms with Crippen LogP contribution in [0.15, 0.2) is 12.5 Å². The number of ether oxygens (including phenoxy) is 1. The van der Waals surface area contributed by atoms with Crippen LogP contribution in [-0.4, -0.2) is 45.1 Å². The van der Waals surface area contributed by atoms with Crippen molar-refractivity contribution in [3.05, 3.63) is 18.7 Å². The lowest BCUT2D eigenvalue weighted by Crippen LogP contribution is -2.44. The van der Waals surface area contributed by atoms with Gasteiger partial charge < -0.3 is 14.2 Å². The molecule has 1 aromatic heterocycles. The number of carbonyl (C=O) groups is 1. The standard InChI is InChI=1S/C11H14N3O2S/c15-10(14-6-7-16-8-11(14)17)2-1-4-13-5-3-12-9-13/h5,9H,1-2,4,6-8H2. The van der Waals surface area contributed by atoms with E-state index in [4.69, 9.17) is 17.0 Å². The van der Waals surface area contributed by atoms with Crippen molar-refractivity contribution in [3.63, 3.8) is 0 Å². The molecule has 1 aliphatic heterocycles. The molecule has 0 aliphatic carbocycles. The van der Waals surface area contributed by atoms with Crippen LogP contribution in [0.4, 0.5) is 0 Å². The molecule has 0 N–H and O–H groups in total. The summed E-state index contributed by atoms with van der Waals surface area (Å²) in [6.45, 7) is 2.32. The van der Waals surface area contributed by atoms with E-state index in [1.54, 1.807) is 17.4 Å². The molecule has 1 fully saturated rings. The van der Waals surface area contributed by atoms with Crippen LogP contribution in [0.2, 0.25) is 0 Å². The lowest BCUT2D eigenvalue weighted by atomic mass is 10.2.